The fraction of sp³-hybridized carbons (Fsp3) is 0.375. The molecule has 0 aliphatic carbocycles. The molecule has 12 nitrogen and oxygen atoms in total. The van der Waals surface area contributed by atoms with Crippen LogP contribution in [0.15, 0.2) is 65.7 Å². The highest BCUT2D eigenvalue weighted by Gasteiger charge is 2.61. The first-order valence-corrected chi connectivity index (χ1v) is 16.2. The highest BCUT2D eigenvalue weighted by Crippen LogP contribution is 2.50. The van der Waals surface area contributed by atoms with E-state index in [0.29, 0.717) is 19.1 Å². The van der Waals surface area contributed by atoms with E-state index in [0.717, 1.165) is 36.2 Å². The van der Waals surface area contributed by atoms with Gasteiger partial charge in [-0.25, -0.2) is 18.2 Å². The number of aromatic nitrogens is 1. The summed E-state index contributed by atoms with van der Waals surface area (Å²) < 4.78 is 40.3. The molecule has 5 heterocycles. The van der Waals surface area contributed by atoms with Gasteiger partial charge in [-0.15, -0.1) is 0 Å². The number of amides is 3. The second kappa shape index (κ2) is 10.5. The van der Waals surface area contributed by atoms with Crippen molar-refractivity contribution in [1.82, 2.24) is 20.1 Å². The van der Waals surface area contributed by atoms with Crippen molar-refractivity contribution in [3.8, 4) is 11.9 Å². The van der Waals surface area contributed by atoms with Crippen LogP contribution in [0.3, 0.4) is 0 Å². The highest BCUT2D eigenvalue weighted by molar-refractivity contribution is 7.93. The molecule has 4 aliphatic heterocycles. The average molecular weight is 629 g/mol. The molecule has 1 atom stereocenters. The summed E-state index contributed by atoms with van der Waals surface area (Å²) in [6.07, 6.45) is 1.49. The summed E-state index contributed by atoms with van der Waals surface area (Å²) in [7, 11) is -4.46. The van der Waals surface area contributed by atoms with Gasteiger partial charge in [-0.3, -0.25) is 9.69 Å². The van der Waals surface area contributed by atoms with Crippen molar-refractivity contribution in [1.29, 1.82) is 5.26 Å². The number of ether oxygens (including phenoxy) is 2. The maximum Gasteiger partial charge on any atom is 0.318 e. The normalized spacial score (nSPS) is 22.2. The van der Waals surface area contributed by atoms with Crippen LogP contribution in [0.2, 0.25) is 0 Å². The standard InChI is InChI=1S/C32H32N6O6S/c1-3-44-28-25(5-4-12-34-28)32(35-30(40)37-19-31(20-37)17-36(18-31)23-15-43-16-23)26-13-22(14-33)8-11-27(26)38(29(32)39)45(41,42)24-9-6-21(2)7-10-24/h4-13,23H,3,15-20H2,1-2H3,(H,35,40)/t32-/m0/s1. The number of aryl methyl sites for hydroxylation is 1. The van der Waals surface area contributed by atoms with Gasteiger partial charge >= 0.3 is 6.03 Å². The third kappa shape index (κ3) is 4.47. The van der Waals surface area contributed by atoms with Gasteiger partial charge in [-0.2, -0.15) is 9.57 Å². The van der Waals surface area contributed by atoms with Crippen molar-refractivity contribution in [2.24, 2.45) is 5.41 Å². The smallest absolute Gasteiger partial charge is 0.318 e. The largest absolute Gasteiger partial charge is 0.478 e. The number of urea groups is 1. The first kappa shape index (κ1) is 29.2. The number of nitrogens with zero attached hydrogens (tertiary/aromatic N) is 5. The minimum atomic E-state index is -4.46. The maximum absolute atomic E-state index is 14.9. The molecule has 0 bridgehead atoms. The fourth-order valence-electron chi connectivity index (χ4n) is 6.74. The highest BCUT2D eigenvalue weighted by atomic mass is 32.2. The fourth-order valence-corrected chi connectivity index (χ4v) is 8.21. The second-order valence-corrected chi connectivity index (χ2v) is 13.9. The molecule has 0 radical (unpaired) electrons. The molecule has 232 valence electrons. The predicted molar refractivity (Wildman–Crippen MR) is 162 cm³/mol. The Bertz CT molecular complexity index is 1840. The Morgan fingerprint density at radius 1 is 1.11 bits per heavy atom. The molecule has 1 spiro atoms. The van der Waals surface area contributed by atoms with Gasteiger partial charge < -0.3 is 19.7 Å². The van der Waals surface area contributed by atoms with E-state index in [1.807, 2.05) is 6.92 Å². The van der Waals surface area contributed by atoms with Crippen LogP contribution in [-0.2, 0) is 25.1 Å². The maximum atomic E-state index is 14.9. The first-order chi connectivity index (χ1) is 21.6. The van der Waals surface area contributed by atoms with E-state index in [9.17, 15) is 23.3 Å². The zero-order valence-corrected chi connectivity index (χ0v) is 25.7. The number of fused-ring (bicyclic) bond motifs is 1. The number of nitriles is 1. The summed E-state index contributed by atoms with van der Waals surface area (Å²) in [5.74, 6) is -0.862. The number of carbonyl (C=O) groups is 2. The van der Waals surface area contributed by atoms with Gasteiger partial charge in [-0.1, -0.05) is 17.7 Å². The molecule has 0 saturated carbocycles. The number of pyridine rings is 1. The topological polar surface area (TPSA) is 145 Å². The molecule has 7 rings (SSSR count). The van der Waals surface area contributed by atoms with Crippen LogP contribution in [0.5, 0.6) is 5.88 Å². The number of sulfonamides is 1. The monoisotopic (exact) mass is 628 g/mol. The quantitative estimate of drug-likeness (QED) is 0.417. The molecule has 45 heavy (non-hydrogen) atoms. The van der Waals surface area contributed by atoms with Crippen molar-refractivity contribution < 1.29 is 27.5 Å². The van der Waals surface area contributed by atoms with Crippen LogP contribution in [-0.4, -0.2) is 87.2 Å². The summed E-state index contributed by atoms with van der Waals surface area (Å²) in [5, 5.41) is 12.8. The van der Waals surface area contributed by atoms with E-state index in [4.69, 9.17) is 9.47 Å². The lowest BCUT2D eigenvalue weighted by atomic mass is 9.72. The van der Waals surface area contributed by atoms with E-state index >= 15 is 0 Å². The lowest BCUT2D eigenvalue weighted by Gasteiger charge is -2.62. The molecule has 1 aromatic heterocycles. The van der Waals surface area contributed by atoms with Crippen LogP contribution in [0, 0.1) is 23.7 Å². The third-order valence-electron chi connectivity index (χ3n) is 9.12. The van der Waals surface area contributed by atoms with Crippen LogP contribution >= 0.6 is 0 Å². The van der Waals surface area contributed by atoms with Crippen LogP contribution in [0.4, 0.5) is 10.5 Å². The van der Waals surface area contributed by atoms with E-state index in [1.54, 1.807) is 36.1 Å². The SMILES string of the molecule is CCOc1ncccc1[C@@]1(NC(=O)N2CC3(C2)CN(C2COC2)C3)C(=O)N(S(=O)(=O)c2ccc(C)cc2)c2ccc(C#N)cc21. The molecule has 3 amide bonds. The molecule has 13 heteroatoms. The van der Waals surface area contributed by atoms with Crippen molar-refractivity contribution in [2.75, 3.05) is 50.3 Å². The van der Waals surface area contributed by atoms with Gasteiger partial charge in [0.15, 0.2) is 5.54 Å². The van der Waals surface area contributed by atoms with Crippen molar-refractivity contribution >= 4 is 27.6 Å². The van der Waals surface area contributed by atoms with Crippen molar-refractivity contribution in [3.05, 3.63) is 83.0 Å². The third-order valence-corrected chi connectivity index (χ3v) is 10.8. The zero-order chi connectivity index (χ0) is 31.6. The van der Waals surface area contributed by atoms with E-state index in [-0.39, 0.29) is 45.2 Å². The zero-order valence-electron chi connectivity index (χ0n) is 24.9. The Balaban J connectivity index is 1.32. The number of carbonyl (C=O) groups excluding carboxylic acids is 2. The number of likely N-dealkylation sites (tertiary alicyclic amines) is 2. The van der Waals surface area contributed by atoms with Gasteiger partial charge in [-0.05, 0) is 56.3 Å². The Morgan fingerprint density at radius 3 is 2.49 bits per heavy atom. The Morgan fingerprint density at radius 2 is 1.84 bits per heavy atom. The molecule has 1 N–H and O–H groups in total. The van der Waals surface area contributed by atoms with E-state index in [1.165, 1.54) is 36.5 Å². The number of anilines is 1. The minimum absolute atomic E-state index is 0.0166. The van der Waals surface area contributed by atoms with Gasteiger partial charge in [0, 0.05) is 43.4 Å². The molecule has 3 fully saturated rings. The molecule has 3 saturated heterocycles. The predicted octanol–water partition coefficient (Wildman–Crippen LogP) is 2.37. The van der Waals surface area contributed by atoms with Crippen LogP contribution in [0.1, 0.15) is 29.2 Å². The average Bonchev–Trinajstić information content (AvgIpc) is 3.20. The Labute approximate surface area is 261 Å². The van der Waals surface area contributed by atoms with E-state index in [2.05, 4.69) is 21.3 Å². The number of nitrogens with one attached hydrogen (secondary N) is 1. The van der Waals surface area contributed by atoms with Crippen LogP contribution in [0.25, 0.3) is 0 Å². The molecule has 4 aliphatic rings. The molecule has 3 aromatic rings. The first-order valence-electron chi connectivity index (χ1n) is 14.8. The Hall–Kier alpha value is -4.51. The summed E-state index contributed by atoms with van der Waals surface area (Å²) in [5.41, 5.74) is -0.706. The molecular formula is C32H32N6O6S. The summed E-state index contributed by atoms with van der Waals surface area (Å²) >= 11 is 0. The molecule has 2 aromatic carbocycles. The van der Waals surface area contributed by atoms with E-state index < -0.39 is 27.5 Å². The molecule has 0 unspecified atom stereocenters. The van der Waals surface area contributed by atoms with Gasteiger partial charge in [0.2, 0.25) is 5.88 Å². The lowest BCUT2D eigenvalue weighted by molar-refractivity contribution is -0.165. The number of hydrogen-bond donors (Lipinski definition) is 1. The van der Waals surface area contributed by atoms with Crippen LogP contribution < -0.4 is 14.4 Å². The summed E-state index contributed by atoms with van der Waals surface area (Å²) in [6, 6.07) is 15.6. The lowest BCUT2D eigenvalue weighted by Crippen LogP contribution is -2.77. The number of hydrogen-bond acceptors (Lipinski definition) is 9. The van der Waals surface area contributed by atoms with Gasteiger partial charge in [0.05, 0.1) is 53.6 Å². The summed E-state index contributed by atoms with van der Waals surface area (Å²) in [4.78, 5) is 37.2. The van der Waals surface area contributed by atoms with Gasteiger partial charge in [0.25, 0.3) is 15.9 Å². The minimum Gasteiger partial charge on any atom is -0.478 e. The number of rotatable bonds is 7. The van der Waals surface area contributed by atoms with Crippen molar-refractivity contribution in [2.45, 2.75) is 30.3 Å². The van der Waals surface area contributed by atoms with Gasteiger partial charge in [0.1, 0.15) is 0 Å². The second-order valence-electron chi connectivity index (χ2n) is 12.2. The molecular weight excluding hydrogens is 596 g/mol. The van der Waals surface area contributed by atoms with Crippen molar-refractivity contribution in [3.63, 3.8) is 0 Å². The Kier molecular flexibility index (Phi) is 6.85. The number of benzene rings is 2. The summed E-state index contributed by atoms with van der Waals surface area (Å²) in [6.45, 7) is 7.96.